The van der Waals surface area contributed by atoms with Crippen LogP contribution in [0.2, 0.25) is 10.0 Å². The molecule has 20 heavy (non-hydrogen) atoms. The summed E-state index contributed by atoms with van der Waals surface area (Å²) >= 11 is 13.1. The Morgan fingerprint density at radius 3 is 2.80 bits per heavy atom. The second-order valence-electron chi connectivity index (χ2n) is 3.70. The quantitative estimate of drug-likeness (QED) is 0.828. The maximum atomic E-state index is 12.1. The van der Waals surface area contributed by atoms with E-state index in [0.717, 1.165) is 0 Å². The highest BCUT2D eigenvalue weighted by Gasteiger charge is 2.13. The molecule has 0 saturated heterocycles. The summed E-state index contributed by atoms with van der Waals surface area (Å²) < 4.78 is 0. The van der Waals surface area contributed by atoms with Crippen molar-refractivity contribution >= 4 is 46.1 Å². The van der Waals surface area contributed by atoms with Gasteiger partial charge >= 0.3 is 0 Å². The van der Waals surface area contributed by atoms with Crippen molar-refractivity contribution in [2.24, 2.45) is 0 Å². The van der Waals surface area contributed by atoms with E-state index in [1.165, 1.54) is 11.3 Å². The topological polar surface area (TPSA) is 49.3 Å². The Morgan fingerprint density at radius 1 is 1.35 bits per heavy atom. The average Bonchev–Trinajstić information content (AvgIpc) is 2.84. The molecule has 3 nitrogen and oxygen atoms in total. The van der Waals surface area contributed by atoms with Gasteiger partial charge in [-0.1, -0.05) is 35.0 Å². The first-order valence-electron chi connectivity index (χ1n) is 5.55. The zero-order valence-electron chi connectivity index (χ0n) is 10.1. The van der Waals surface area contributed by atoms with Crippen LogP contribution in [0.15, 0.2) is 29.6 Å². The Kier molecular flexibility index (Phi) is 5.05. The van der Waals surface area contributed by atoms with Gasteiger partial charge in [-0.05, 0) is 29.6 Å². The summed E-state index contributed by atoms with van der Waals surface area (Å²) in [6, 6.07) is 6.60. The van der Waals surface area contributed by atoms with E-state index in [2.05, 4.69) is 17.2 Å². The third kappa shape index (κ3) is 3.53. The van der Waals surface area contributed by atoms with Crippen LogP contribution in [0.4, 0.5) is 5.69 Å². The predicted octanol–water partition coefficient (Wildman–Crippen LogP) is 3.65. The molecule has 1 aromatic carbocycles. The van der Waals surface area contributed by atoms with Gasteiger partial charge in [0.2, 0.25) is 0 Å². The number of aliphatic hydroxyl groups is 1. The summed E-state index contributed by atoms with van der Waals surface area (Å²) in [5, 5.41) is 14.1. The number of hydrogen-bond acceptors (Lipinski definition) is 3. The number of halogens is 2. The number of nitrogens with one attached hydrogen (secondary N) is 1. The molecule has 0 atom stereocenters. The van der Waals surface area contributed by atoms with Crippen LogP contribution in [-0.4, -0.2) is 17.6 Å². The van der Waals surface area contributed by atoms with Gasteiger partial charge in [0, 0.05) is 10.6 Å². The molecule has 0 unspecified atom stereocenters. The molecular formula is C14H9Cl2NO2S. The van der Waals surface area contributed by atoms with E-state index in [0.29, 0.717) is 26.2 Å². The van der Waals surface area contributed by atoms with Crippen molar-refractivity contribution < 1.29 is 9.90 Å². The smallest absolute Gasteiger partial charge is 0.267 e. The number of anilines is 1. The van der Waals surface area contributed by atoms with Crippen molar-refractivity contribution in [3.05, 3.63) is 50.1 Å². The van der Waals surface area contributed by atoms with Crippen LogP contribution in [0.25, 0.3) is 0 Å². The first-order chi connectivity index (χ1) is 9.61. The minimum absolute atomic E-state index is 0.257. The number of carbonyl (C=O) groups is 1. The highest BCUT2D eigenvalue weighted by molar-refractivity contribution is 7.12. The van der Waals surface area contributed by atoms with Crippen LogP contribution < -0.4 is 5.32 Å². The van der Waals surface area contributed by atoms with Gasteiger partial charge in [0.15, 0.2) is 0 Å². The number of rotatable bonds is 2. The van der Waals surface area contributed by atoms with Crippen LogP contribution in [0.3, 0.4) is 0 Å². The van der Waals surface area contributed by atoms with Gasteiger partial charge in [-0.2, -0.15) is 0 Å². The van der Waals surface area contributed by atoms with Crippen molar-refractivity contribution in [2.75, 3.05) is 11.9 Å². The van der Waals surface area contributed by atoms with Gasteiger partial charge in [0.1, 0.15) is 11.5 Å². The second-order valence-corrected chi connectivity index (χ2v) is 5.46. The summed E-state index contributed by atoms with van der Waals surface area (Å²) in [7, 11) is 0. The first kappa shape index (κ1) is 14.9. The lowest BCUT2D eigenvalue weighted by atomic mass is 10.1. The number of benzene rings is 1. The second kappa shape index (κ2) is 6.78. The van der Waals surface area contributed by atoms with Crippen LogP contribution >= 0.6 is 34.5 Å². The highest BCUT2D eigenvalue weighted by atomic mass is 35.5. The first-order valence-corrected chi connectivity index (χ1v) is 7.19. The molecule has 0 aliphatic heterocycles. The minimum Gasteiger partial charge on any atom is -0.384 e. The Labute approximate surface area is 130 Å². The lowest BCUT2D eigenvalue weighted by Crippen LogP contribution is -2.11. The van der Waals surface area contributed by atoms with Gasteiger partial charge in [0.05, 0.1) is 10.7 Å². The SMILES string of the molecule is O=C(Nc1cc(Cl)ccc1C#CCO)c1sccc1Cl. The van der Waals surface area contributed by atoms with Gasteiger partial charge < -0.3 is 10.4 Å². The van der Waals surface area contributed by atoms with Crippen molar-refractivity contribution in [3.8, 4) is 11.8 Å². The minimum atomic E-state index is -0.320. The highest BCUT2D eigenvalue weighted by Crippen LogP contribution is 2.25. The van der Waals surface area contributed by atoms with Crippen LogP contribution in [-0.2, 0) is 0 Å². The van der Waals surface area contributed by atoms with E-state index in [1.54, 1.807) is 29.6 Å². The van der Waals surface area contributed by atoms with Crippen molar-refractivity contribution in [3.63, 3.8) is 0 Å². The molecule has 1 heterocycles. The molecule has 0 aliphatic carbocycles. The lowest BCUT2D eigenvalue weighted by molar-refractivity contribution is 0.103. The fourth-order valence-corrected chi connectivity index (χ4v) is 2.71. The number of thiophene rings is 1. The molecule has 1 amide bonds. The van der Waals surface area contributed by atoms with Crippen molar-refractivity contribution in [1.82, 2.24) is 0 Å². The van der Waals surface area contributed by atoms with Crippen LogP contribution in [0.1, 0.15) is 15.2 Å². The molecule has 2 aromatic rings. The van der Waals surface area contributed by atoms with E-state index >= 15 is 0 Å². The largest absolute Gasteiger partial charge is 0.384 e. The molecule has 0 saturated carbocycles. The number of hydrogen-bond donors (Lipinski definition) is 2. The maximum absolute atomic E-state index is 12.1. The summed E-state index contributed by atoms with van der Waals surface area (Å²) in [4.78, 5) is 12.5. The zero-order chi connectivity index (χ0) is 14.5. The molecular weight excluding hydrogens is 317 g/mol. The third-order valence-corrected chi connectivity index (χ3v) is 3.93. The fourth-order valence-electron chi connectivity index (χ4n) is 1.50. The zero-order valence-corrected chi connectivity index (χ0v) is 12.4. The summed E-state index contributed by atoms with van der Waals surface area (Å²) in [5.41, 5.74) is 1.05. The summed E-state index contributed by atoms with van der Waals surface area (Å²) in [6.07, 6.45) is 0. The molecule has 2 N–H and O–H groups in total. The number of amides is 1. The summed E-state index contributed by atoms with van der Waals surface area (Å²) in [5.74, 6) is 4.96. The Bertz CT molecular complexity index is 701. The maximum Gasteiger partial charge on any atom is 0.267 e. The molecule has 0 spiro atoms. The molecule has 0 fully saturated rings. The number of aliphatic hydroxyl groups excluding tert-OH is 1. The lowest BCUT2D eigenvalue weighted by Gasteiger charge is -2.07. The van der Waals surface area contributed by atoms with Crippen molar-refractivity contribution in [1.29, 1.82) is 0 Å². The Hall–Kier alpha value is -1.51. The average molecular weight is 326 g/mol. The fraction of sp³-hybridized carbons (Fsp3) is 0.0714. The van der Waals surface area contributed by atoms with Gasteiger partial charge in [0.25, 0.3) is 5.91 Å². The monoisotopic (exact) mass is 325 g/mol. The van der Waals surface area contributed by atoms with E-state index < -0.39 is 0 Å². The standard InChI is InChI=1S/C14H9Cl2NO2S/c15-10-4-3-9(2-1-6-18)12(8-10)17-14(19)13-11(16)5-7-20-13/h3-5,7-8,18H,6H2,(H,17,19). The van der Waals surface area contributed by atoms with Gasteiger partial charge in [-0.3, -0.25) is 4.79 Å². The van der Waals surface area contributed by atoms with E-state index in [9.17, 15) is 4.79 Å². The van der Waals surface area contributed by atoms with E-state index in [-0.39, 0.29) is 12.5 Å². The summed E-state index contributed by atoms with van der Waals surface area (Å²) in [6.45, 7) is -0.257. The van der Waals surface area contributed by atoms with Gasteiger partial charge in [-0.15, -0.1) is 11.3 Å². The molecule has 2 rings (SSSR count). The van der Waals surface area contributed by atoms with Crippen LogP contribution in [0, 0.1) is 11.8 Å². The number of carbonyl (C=O) groups excluding carboxylic acids is 1. The molecule has 0 radical (unpaired) electrons. The molecule has 0 aliphatic rings. The Morgan fingerprint density at radius 2 is 2.15 bits per heavy atom. The van der Waals surface area contributed by atoms with E-state index in [1.807, 2.05) is 0 Å². The molecule has 102 valence electrons. The van der Waals surface area contributed by atoms with Crippen molar-refractivity contribution in [2.45, 2.75) is 0 Å². The Balaban J connectivity index is 2.31. The normalized spacial score (nSPS) is 9.75. The van der Waals surface area contributed by atoms with E-state index in [4.69, 9.17) is 28.3 Å². The predicted molar refractivity (Wildman–Crippen MR) is 82.7 cm³/mol. The molecule has 1 aromatic heterocycles. The van der Waals surface area contributed by atoms with Crippen LogP contribution in [0.5, 0.6) is 0 Å². The molecule has 6 heteroatoms. The third-order valence-electron chi connectivity index (χ3n) is 2.36. The molecule has 0 bridgehead atoms. The van der Waals surface area contributed by atoms with Gasteiger partial charge in [-0.25, -0.2) is 0 Å².